The molecule has 0 aliphatic rings. The van der Waals surface area contributed by atoms with Crippen molar-refractivity contribution in [2.24, 2.45) is 0 Å². The van der Waals surface area contributed by atoms with Crippen LogP contribution in [0.2, 0.25) is 0 Å². The summed E-state index contributed by atoms with van der Waals surface area (Å²) in [4.78, 5) is 15.6. The first-order valence-corrected chi connectivity index (χ1v) is 23.4. The molecule has 13 aromatic rings. The molecule has 0 aliphatic carbocycles. The van der Waals surface area contributed by atoms with Crippen LogP contribution < -0.4 is 0 Å². The molecule has 13 rings (SSSR count). The summed E-state index contributed by atoms with van der Waals surface area (Å²) in [6.07, 6.45) is 0. The molecule has 9 aromatic carbocycles. The fourth-order valence-corrected chi connectivity index (χ4v) is 12.2. The van der Waals surface area contributed by atoms with E-state index in [1.165, 1.54) is 66.1 Å². The van der Waals surface area contributed by atoms with Crippen molar-refractivity contribution in [3.05, 3.63) is 200 Å². The van der Waals surface area contributed by atoms with E-state index in [-0.39, 0.29) is 0 Å². The zero-order chi connectivity index (χ0) is 41.4. The van der Waals surface area contributed by atoms with Gasteiger partial charge in [-0.15, -0.1) is 34.0 Å². The van der Waals surface area contributed by atoms with Gasteiger partial charge in [-0.25, -0.2) is 15.0 Å². The fraction of sp³-hybridized carbons (Fsp3) is 0. The second kappa shape index (κ2) is 14.6. The lowest BCUT2D eigenvalue weighted by Crippen LogP contribution is -2.00. The lowest BCUT2D eigenvalue weighted by molar-refractivity contribution is 1.07. The molecule has 6 heteroatoms. The number of hydrogen-bond acceptors (Lipinski definition) is 6. The van der Waals surface area contributed by atoms with Crippen LogP contribution in [0.4, 0.5) is 0 Å². The molecular formula is C57H33N3S3. The van der Waals surface area contributed by atoms with E-state index in [1.54, 1.807) is 0 Å². The second-order valence-electron chi connectivity index (χ2n) is 16.0. The molecule has 63 heavy (non-hydrogen) atoms. The summed E-state index contributed by atoms with van der Waals surface area (Å²) in [5.74, 6) is 1.90. The maximum absolute atomic E-state index is 5.29. The first-order valence-electron chi connectivity index (χ1n) is 21.0. The molecule has 4 heterocycles. The molecule has 0 fully saturated rings. The minimum Gasteiger partial charge on any atom is -0.208 e. The highest BCUT2D eigenvalue weighted by atomic mass is 32.1. The average Bonchev–Trinajstić information content (AvgIpc) is 4.04. The van der Waals surface area contributed by atoms with Gasteiger partial charge < -0.3 is 0 Å². The maximum Gasteiger partial charge on any atom is 0.164 e. The lowest BCUT2D eigenvalue weighted by atomic mass is 9.94. The third-order valence-corrected chi connectivity index (χ3v) is 15.6. The van der Waals surface area contributed by atoms with Crippen molar-refractivity contribution in [1.29, 1.82) is 0 Å². The maximum atomic E-state index is 5.29. The molecule has 0 radical (unpaired) electrons. The largest absolute Gasteiger partial charge is 0.208 e. The summed E-state index contributed by atoms with van der Waals surface area (Å²) >= 11 is 5.53. The standard InChI is InChI=1S/C57H33N3S3/c1-2-10-35(11-3-1)55-58-56(36-20-18-34(19-21-36)37-22-25-52-46(31-37)43-12-4-7-15-49(43)61-52)60-57(59-55)42-29-40(38-23-26-53-47(32-38)44-13-5-8-16-50(44)62-53)28-41(30-42)39-24-27-54-48(33-39)45-14-6-9-17-51(45)63-54/h1-33H. The number of benzene rings is 9. The average molecular weight is 856 g/mol. The Hall–Kier alpha value is -7.35. The monoisotopic (exact) mass is 855 g/mol. The predicted molar refractivity (Wildman–Crippen MR) is 271 cm³/mol. The van der Waals surface area contributed by atoms with E-state index in [1.807, 2.05) is 52.2 Å². The van der Waals surface area contributed by atoms with Gasteiger partial charge in [0.25, 0.3) is 0 Å². The van der Waals surface area contributed by atoms with E-state index in [0.29, 0.717) is 17.5 Å². The number of fused-ring (bicyclic) bond motifs is 9. The van der Waals surface area contributed by atoms with Crippen molar-refractivity contribution in [3.63, 3.8) is 0 Å². The van der Waals surface area contributed by atoms with E-state index in [4.69, 9.17) is 15.0 Å². The van der Waals surface area contributed by atoms with Crippen LogP contribution in [0, 0.1) is 0 Å². The first kappa shape index (κ1) is 36.3. The summed E-state index contributed by atoms with van der Waals surface area (Å²) in [5.41, 5.74) is 9.66. The highest BCUT2D eigenvalue weighted by Crippen LogP contribution is 2.42. The minimum absolute atomic E-state index is 0.630. The smallest absolute Gasteiger partial charge is 0.164 e. The molecule has 0 unspecified atom stereocenters. The van der Waals surface area contributed by atoms with Crippen LogP contribution in [-0.4, -0.2) is 15.0 Å². The SMILES string of the molecule is c1ccc(-c2nc(-c3ccc(-c4ccc5sc6ccccc6c5c4)cc3)nc(-c3cc(-c4ccc5sc6ccccc6c5c4)cc(-c4ccc5sc6ccccc6c5c4)c3)n2)cc1. The lowest BCUT2D eigenvalue weighted by Gasteiger charge is -2.13. The molecule has 0 saturated heterocycles. The summed E-state index contributed by atoms with van der Waals surface area (Å²) in [5, 5.41) is 7.70. The number of nitrogens with zero attached hydrogens (tertiary/aromatic N) is 3. The molecule has 0 amide bonds. The normalized spacial score (nSPS) is 11.8. The van der Waals surface area contributed by atoms with E-state index in [9.17, 15) is 0 Å². The summed E-state index contributed by atoms with van der Waals surface area (Å²) in [7, 11) is 0. The van der Waals surface area contributed by atoms with Crippen molar-refractivity contribution < 1.29 is 0 Å². The second-order valence-corrected chi connectivity index (χ2v) is 19.2. The quantitative estimate of drug-likeness (QED) is 0.167. The molecule has 0 atom stereocenters. The van der Waals surface area contributed by atoms with Crippen LogP contribution in [0.1, 0.15) is 0 Å². The number of thiophene rings is 3. The van der Waals surface area contributed by atoms with Gasteiger partial charge in [-0.05, 0) is 106 Å². The Morgan fingerprint density at radius 2 is 0.524 bits per heavy atom. The van der Waals surface area contributed by atoms with Gasteiger partial charge in [0.15, 0.2) is 17.5 Å². The minimum atomic E-state index is 0.630. The van der Waals surface area contributed by atoms with Gasteiger partial charge in [-0.3, -0.25) is 0 Å². The fourth-order valence-electron chi connectivity index (χ4n) is 8.97. The third-order valence-electron chi connectivity index (χ3n) is 12.1. The van der Waals surface area contributed by atoms with Crippen LogP contribution in [-0.2, 0) is 0 Å². The third kappa shape index (κ3) is 6.33. The zero-order valence-electron chi connectivity index (χ0n) is 33.6. The van der Waals surface area contributed by atoms with Crippen molar-refractivity contribution >= 4 is 94.5 Å². The first-order chi connectivity index (χ1) is 31.1. The number of rotatable bonds is 6. The van der Waals surface area contributed by atoms with Crippen LogP contribution in [0.5, 0.6) is 0 Å². The van der Waals surface area contributed by atoms with E-state index < -0.39 is 0 Å². The van der Waals surface area contributed by atoms with E-state index >= 15 is 0 Å². The Bertz CT molecular complexity index is 3780. The Balaban J connectivity index is 0.974. The number of aromatic nitrogens is 3. The zero-order valence-corrected chi connectivity index (χ0v) is 36.1. The highest BCUT2D eigenvalue weighted by molar-refractivity contribution is 7.26. The molecular weight excluding hydrogens is 823 g/mol. The Kier molecular flexibility index (Phi) is 8.44. The van der Waals surface area contributed by atoms with Gasteiger partial charge in [0, 0.05) is 77.2 Å². The van der Waals surface area contributed by atoms with Gasteiger partial charge in [-0.1, -0.05) is 127 Å². The van der Waals surface area contributed by atoms with Crippen molar-refractivity contribution in [2.75, 3.05) is 0 Å². The molecule has 0 aliphatic heterocycles. The van der Waals surface area contributed by atoms with Crippen molar-refractivity contribution in [1.82, 2.24) is 15.0 Å². The van der Waals surface area contributed by atoms with Crippen LogP contribution >= 0.6 is 34.0 Å². The van der Waals surface area contributed by atoms with Crippen molar-refractivity contribution in [3.8, 4) is 67.5 Å². The van der Waals surface area contributed by atoms with Crippen LogP contribution in [0.3, 0.4) is 0 Å². The van der Waals surface area contributed by atoms with Gasteiger partial charge in [0.2, 0.25) is 0 Å². The van der Waals surface area contributed by atoms with Crippen LogP contribution in [0.25, 0.3) is 128 Å². The van der Waals surface area contributed by atoms with Gasteiger partial charge in [0.1, 0.15) is 0 Å². The molecule has 3 nitrogen and oxygen atoms in total. The molecule has 294 valence electrons. The molecule has 4 aromatic heterocycles. The summed E-state index contributed by atoms with van der Waals surface area (Å²) < 4.78 is 7.78. The Morgan fingerprint density at radius 3 is 0.984 bits per heavy atom. The predicted octanol–water partition coefficient (Wildman–Crippen LogP) is 17.0. The molecule has 0 spiro atoms. The van der Waals surface area contributed by atoms with Gasteiger partial charge in [-0.2, -0.15) is 0 Å². The van der Waals surface area contributed by atoms with E-state index in [0.717, 1.165) is 44.5 Å². The molecule has 0 bridgehead atoms. The molecule has 0 N–H and O–H groups in total. The molecule has 0 saturated carbocycles. The van der Waals surface area contributed by atoms with Gasteiger partial charge in [0.05, 0.1) is 0 Å². The number of hydrogen-bond donors (Lipinski definition) is 0. The van der Waals surface area contributed by atoms with Crippen molar-refractivity contribution in [2.45, 2.75) is 0 Å². The summed E-state index contributed by atoms with van der Waals surface area (Å²) in [6, 6.07) is 72.3. The topological polar surface area (TPSA) is 38.7 Å². The Labute approximate surface area is 374 Å². The van der Waals surface area contributed by atoms with Crippen LogP contribution in [0.15, 0.2) is 200 Å². The Morgan fingerprint density at radius 1 is 0.206 bits per heavy atom. The highest BCUT2D eigenvalue weighted by Gasteiger charge is 2.17. The summed E-state index contributed by atoms with van der Waals surface area (Å²) in [6.45, 7) is 0. The van der Waals surface area contributed by atoms with E-state index in [2.05, 4.69) is 182 Å². The van der Waals surface area contributed by atoms with Gasteiger partial charge >= 0.3 is 0 Å².